The molecule has 3 aromatic rings. The Labute approximate surface area is 174 Å². The molecule has 0 spiro atoms. The monoisotopic (exact) mass is 389 g/mol. The molecule has 0 saturated heterocycles. The minimum Gasteiger partial charge on any atom is -0.481 e. The second-order valence-electron chi connectivity index (χ2n) is 7.81. The van der Waals surface area contributed by atoms with Gasteiger partial charge in [0.2, 0.25) is 0 Å². The predicted octanol–water partition coefficient (Wildman–Crippen LogP) is 5.87. The van der Waals surface area contributed by atoms with Gasteiger partial charge in [-0.2, -0.15) is 0 Å². The molecule has 0 saturated carbocycles. The van der Waals surface area contributed by atoms with Crippen molar-refractivity contribution in [1.29, 1.82) is 0 Å². The highest BCUT2D eigenvalue weighted by Crippen LogP contribution is 2.22. The number of ether oxygens (including phenoxy) is 1. The second-order valence-corrected chi connectivity index (χ2v) is 7.81. The van der Waals surface area contributed by atoms with Crippen LogP contribution in [-0.4, -0.2) is 18.6 Å². The molecule has 152 valence electrons. The number of amides is 1. The Morgan fingerprint density at radius 1 is 0.966 bits per heavy atom. The Bertz CT molecular complexity index is 931. The smallest absolute Gasteiger partial charge is 0.261 e. The van der Waals surface area contributed by atoms with Gasteiger partial charge in [0.15, 0.2) is 6.10 Å². The van der Waals surface area contributed by atoms with Crippen LogP contribution < -0.4 is 10.1 Å². The molecule has 1 N–H and O–H groups in total. The maximum atomic E-state index is 12.5. The van der Waals surface area contributed by atoms with Crippen molar-refractivity contribution in [3.8, 4) is 5.75 Å². The van der Waals surface area contributed by atoms with Crippen molar-refractivity contribution in [1.82, 2.24) is 5.32 Å². The highest BCUT2D eigenvalue weighted by atomic mass is 16.5. The van der Waals surface area contributed by atoms with Crippen LogP contribution in [0.2, 0.25) is 0 Å². The van der Waals surface area contributed by atoms with E-state index in [-0.39, 0.29) is 5.91 Å². The Hall–Kier alpha value is -2.81. The van der Waals surface area contributed by atoms with Crippen LogP contribution in [0.3, 0.4) is 0 Å². The summed E-state index contributed by atoms with van der Waals surface area (Å²) in [4.78, 5) is 12.5. The maximum absolute atomic E-state index is 12.5. The highest BCUT2D eigenvalue weighted by Gasteiger charge is 2.18. The number of benzene rings is 3. The van der Waals surface area contributed by atoms with Gasteiger partial charge in [-0.1, -0.05) is 75.4 Å². The molecular weight excluding hydrogens is 358 g/mol. The number of nitrogens with one attached hydrogen (secondary N) is 1. The molecule has 29 heavy (non-hydrogen) atoms. The van der Waals surface area contributed by atoms with Crippen LogP contribution in [0.15, 0.2) is 66.7 Å². The van der Waals surface area contributed by atoms with E-state index in [2.05, 4.69) is 55.6 Å². The molecule has 0 aromatic heterocycles. The maximum Gasteiger partial charge on any atom is 0.261 e. The fraction of sp³-hybridized carbons (Fsp3) is 0.346. The van der Waals surface area contributed by atoms with Gasteiger partial charge in [-0.15, -0.1) is 0 Å². The summed E-state index contributed by atoms with van der Waals surface area (Å²) in [6, 6.07) is 22.9. The van der Waals surface area contributed by atoms with Crippen molar-refractivity contribution >= 4 is 16.7 Å². The molecule has 0 aliphatic carbocycles. The van der Waals surface area contributed by atoms with Gasteiger partial charge in [0.25, 0.3) is 5.91 Å². The van der Waals surface area contributed by atoms with Gasteiger partial charge in [-0.25, -0.2) is 0 Å². The van der Waals surface area contributed by atoms with Gasteiger partial charge < -0.3 is 10.1 Å². The van der Waals surface area contributed by atoms with Crippen molar-refractivity contribution in [3.63, 3.8) is 0 Å². The molecule has 0 aliphatic heterocycles. The zero-order valence-corrected chi connectivity index (χ0v) is 17.7. The van der Waals surface area contributed by atoms with Crippen molar-refractivity contribution in [2.75, 3.05) is 6.54 Å². The summed E-state index contributed by atoms with van der Waals surface area (Å²) < 4.78 is 5.97. The van der Waals surface area contributed by atoms with E-state index in [1.165, 1.54) is 16.5 Å². The minimum atomic E-state index is -0.471. The Balaban J connectivity index is 1.47. The molecule has 0 fully saturated rings. The lowest BCUT2D eigenvalue weighted by Crippen LogP contribution is -2.38. The second kappa shape index (κ2) is 10.1. The normalized spacial score (nSPS) is 12.1. The van der Waals surface area contributed by atoms with Crippen LogP contribution in [0, 0.1) is 0 Å². The van der Waals surface area contributed by atoms with Crippen LogP contribution in [-0.2, 0) is 11.2 Å². The average molecular weight is 390 g/mol. The summed E-state index contributed by atoms with van der Waals surface area (Å²) in [5.41, 5.74) is 2.67. The Kier molecular flexibility index (Phi) is 7.29. The minimum absolute atomic E-state index is 0.0455. The van der Waals surface area contributed by atoms with E-state index in [1.807, 2.05) is 37.3 Å². The molecular formula is C26H31NO2. The van der Waals surface area contributed by atoms with E-state index in [0.29, 0.717) is 18.9 Å². The predicted molar refractivity (Wildman–Crippen MR) is 121 cm³/mol. The fourth-order valence-electron chi connectivity index (χ4n) is 3.41. The Morgan fingerprint density at radius 2 is 1.69 bits per heavy atom. The fourth-order valence-corrected chi connectivity index (χ4v) is 3.41. The van der Waals surface area contributed by atoms with E-state index >= 15 is 0 Å². The zero-order valence-electron chi connectivity index (χ0n) is 17.7. The first-order valence-corrected chi connectivity index (χ1v) is 10.6. The van der Waals surface area contributed by atoms with Gasteiger partial charge in [0.05, 0.1) is 0 Å². The summed E-state index contributed by atoms with van der Waals surface area (Å²) in [6.45, 7) is 7.03. The lowest BCUT2D eigenvalue weighted by molar-refractivity contribution is -0.128. The zero-order chi connectivity index (χ0) is 20.6. The SMILES string of the molecule is CC[C@@H](Oc1ccc2ccccc2c1)C(=O)NCCCc1ccc(C(C)C)cc1. The molecule has 0 aliphatic rings. The lowest BCUT2D eigenvalue weighted by Gasteiger charge is -2.17. The first kappa shape index (κ1) is 20.9. The number of aryl methyl sites for hydroxylation is 1. The summed E-state index contributed by atoms with van der Waals surface area (Å²) in [7, 11) is 0. The van der Waals surface area contributed by atoms with E-state index in [4.69, 9.17) is 4.74 Å². The molecule has 0 bridgehead atoms. The third kappa shape index (κ3) is 5.83. The topological polar surface area (TPSA) is 38.3 Å². The molecule has 3 rings (SSSR count). The first-order chi connectivity index (χ1) is 14.1. The molecule has 0 radical (unpaired) electrons. The number of rotatable bonds is 9. The van der Waals surface area contributed by atoms with E-state index in [9.17, 15) is 4.79 Å². The number of hydrogen-bond donors (Lipinski definition) is 1. The number of fused-ring (bicyclic) bond motifs is 1. The Morgan fingerprint density at radius 3 is 2.38 bits per heavy atom. The number of carbonyl (C=O) groups is 1. The van der Waals surface area contributed by atoms with Gasteiger partial charge in [-0.3, -0.25) is 4.79 Å². The van der Waals surface area contributed by atoms with Crippen molar-refractivity contribution in [2.45, 2.75) is 52.1 Å². The average Bonchev–Trinajstić information content (AvgIpc) is 2.75. The standard InChI is InChI=1S/C26H31NO2/c1-4-25(29-24-16-15-22-9-5-6-10-23(22)18-24)26(28)27-17-7-8-20-11-13-21(14-12-20)19(2)3/h5-6,9-16,18-19,25H,4,7-8,17H2,1-3H3,(H,27,28)/t25-/m1/s1. The molecule has 3 nitrogen and oxygen atoms in total. The number of hydrogen-bond acceptors (Lipinski definition) is 2. The molecule has 0 heterocycles. The van der Waals surface area contributed by atoms with Gasteiger partial charge in [0, 0.05) is 6.54 Å². The van der Waals surface area contributed by atoms with Crippen molar-refractivity contribution < 1.29 is 9.53 Å². The first-order valence-electron chi connectivity index (χ1n) is 10.6. The third-order valence-electron chi connectivity index (χ3n) is 5.25. The summed E-state index contributed by atoms with van der Waals surface area (Å²) >= 11 is 0. The van der Waals surface area contributed by atoms with Gasteiger partial charge in [0.1, 0.15) is 5.75 Å². The highest BCUT2D eigenvalue weighted by molar-refractivity contribution is 5.84. The summed E-state index contributed by atoms with van der Waals surface area (Å²) in [5, 5.41) is 5.31. The van der Waals surface area contributed by atoms with E-state index in [0.717, 1.165) is 24.0 Å². The summed E-state index contributed by atoms with van der Waals surface area (Å²) in [5.74, 6) is 1.24. The van der Waals surface area contributed by atoms with Crippen LogP contribution in [0.25, 0.3) is 10.8 Å². The van der Waals surface area contributed by atoms with Gasteiger partial charge >= 0.3 is 0 Å². The van der Waals surface area contributed by atoms with Crippen LogP contribution in [0.4, 0.5) is 0 Å². The van der Waals surface area contributed by atoms with E-state index < -0.39 is 6.10 Å². The van der Waals surface area contributed by atoms with Crippen molar-refractivity contribution in [3.05, 3.63) is 77.9 Å². The van der Waals surface area contributed by atoms with Gasteiger partial charge in [-0.05, 0) is 59.2 Å². The molecule has 0 unspecified atom stereocenters. The summed E-state index contributed by atoms with van der Waals surface area (Å²) in [6.07, 6.45) is 2.04. The van der Waals surface area contributed by atoms with E-state index in [1.54, 1.807) is 0 Å². The molecule has 1 atom stereocenters. The quantitative estimate of drug-likeness (QED) is 0.465. The van der Waals surface area contributed by atoms with Crippen LogP contribution in [0.1, 0.15) is 50.7 Å². The van der Waals surface area contributed by atoms with Crippen LogP contribution in [0.5, 0.6) is 5.75 Å². The van der Waals surface area contributed by atoms with Crippen molar-refractivity contribution in [2.24, 2.45) is 0 Å². The van der Waals surface area contributed by atoms with Crippen LogP contribution >= 0.6 is 0 Å². The molecule has 1 amide bonds. The molecule has 3 heteroatoms. The lowest BCUT2D eigenvalue weighted by atomic mass is 10.0. The third-order valence-corrected chi connectivity index (χ3v) is 5.25. The number of carbonyl (C=O) groups excluding carboxylic acids is 1. The largest absolute Gasteiger partial charge is 0.481 e. The molecule has 3 aromatic carbocycles.